The summed E-state index contributed by atoms with van der Waals surface area (Å²) in [5.74, 6) is 0. The Kier molecular flexibility index (Phi) is 511. The third-order valence-corrected chi connectivity index (χ3v) is 0. The van der Waals surface area contributed by atoms with Crippen LogP contribution in [0.5, 0.6) is 0 Å². The Morgan fingerprint density at radius 2 is 0.259 bits per heavy atom. The van der Waals surface area contributed by atoms with Gasteiger partial charge in [-0.15, -0.1) is 0 Å². The van der Waals surface area contributed by atoms with E-state index in [9.17, 15) is 0 Å². The standard InChI is InChI=1S/4BH3O3.Na.10H2O.H/c4*2-1(3)4;;;;;;;;;;;;/h4*2-4H;;10*1H2;/q;;;;+1;;;;;;;;;;;-1. The number of rotatable bonds is 0. The van der Waals surface area contributed by atoms with Crippen molar-refractivity contribution >= 4 is 29.3 Å². The van der Waals surface area contributed by atoms with Gasteiger partial charge in [-0.1, -0.05) is 0 Å². The molecule has 0 atom stereocenters. The fourth-order valence-corrected chi connectivity index (χ4v) is 0. The van der Waals surface area contributed by atoms with Gasteiger partial charge in [0.1, 0.15) is 0 Å². The van der Waals surface area contributed by atoms with Gasteiger partial charge in [0.25, 0.3) is 0 Å². The Morgan fingerprint density at radius 1 is 0.259 bits per heavy atom. The minimum Gasteiger partial charge on any atom is -1.00 e. The summed E-state index contributed by atoms with van der Waals surface area (Å²) in [5.41, 5.74) is 0. The van der Waals surface area contributed by atoms with E-state index in [1.54, 1.807) is 0 Å². The van der Waals surface area contributed by atoms with Crippen LogP contribution in [-0.2, 0) is 0 Å². The molecule has 0 aliphatic heterocycles. The van der Waals surface area contributed by atoms with Crippen molar-refractivity contribution < 1.29 is 146 Å². The van der Waals surface area contributed by atoms with Gasteiger partial charge in [-0.05, 0) is 0 Å². The molecule has 27 heavy (non-hydrogen) atoms. The summed E-state index contributed by atoms with van der Waals surface area (Å²) in [6.07, 6.45) is 0. The second kappa shape index (κ2) is 111. The van der Waals surface area contributed by atoms with Gasteiger partial charge in [0.05, 0.1) is 0 Å². The molecule has 0 aromatic carbocycles. The average Bonchev–Trinajstić information content (AvgIpc) is 1.76. The Balaban J connectivity index is -0.00000000429. The molecule has 0 bridgehead atoms. The molecular weight excluding hydrogens is 418 g/mol. The molecule has 0 amide bonds. The normalized spacial score (nSPS) is 4.00. The van der Waals surface area contributed by atoms with E-state index in [1.807, 2.05) is 0 Å². The minimum absolute atomic E-state index is 0. The molecule has 0 fully saturated rings. The second-order valence-electron chi connectivity index (χ2n) is 1.39. The van der Waals surface area contributed by atoms with Crippen molar-refractivity contribution in [3.63, 3.8) is 0 Å². The topological polar surface area (TPSA) is 558 Å². The van der Waals surface area contributed by atoms with Gasteiger partial charge in [0.15, 0.2) is 0 Å². The van der Waals surface area contributed by atoms with E-state index in [1.165, 1.54) is 0 Å². The van der Waals surface area contributed by atoms with Crippen molar-refractivity contribution in [2.24, 2.45) is 0 Å². The van der Waals surface area contributed by atoms with E-state index >= 15 is 0 Å². The average molecular weight is 451 g/mol. The Bertz CT molecular complexity index is 71.5. The fraction of sp³-hybridized carbons (Fsp3) is 0. The summed E-state index contributed by atoms with van der Waals surface area (Å²) in [6.45, 7) is 0. The van der Waals surface area contributed by atoms with Crippen LogP contribution in [0.2, 0.25) is 0 Å². The van der Waals surface area contributed by atoms with E-state index < -0.39 is 29.3 Å². The van der Waals surface area contributed by atoms with E-state index in [4.69, 9.17) is 60.3 Å². The summed E-state index contributed by atoms with van der Waals surface area (Å²) in [5, 5.41) is 86.0. The largest absolute Gasteiger partial charge is 1.00 e. The van der Waals surface area contributed by atoms with Crippen LogP contribution in [0, 0.1) is 0 Å². The van der Waals surface area contributed by atoms with Gasteiger partial charge in [0, 0.05) is 0 Å². The predicted octanol–water partition coefficient (Wildman–Crippen LogP) is -19.3. The van der Waals surface area contributed by atoms with Crippen LogP contribution >= 0.6 is 0 Å². The van der Waals surface area contributed by atoms with Gasteiger partial charge in [-0.25, -0.2) is 0 Å². The van der Waals surface area contributed by atoms with Crippen LogP contribution in [-0.4, -0.2) is 144 Å². The van der Waals surface area contributed by atoms with E-state index in [0.717, 1.165) is 0 Å². The Morgan fingerprint density at radius 3 is 0.259 bits per heavy atom. The van der Waals surface area contributed by atoms with Crippen molar-refractivity contribution in [1.29, 1.82) is 0 Å². The zero-order valence-corrected chi connectivity index (χ0v) is 15.7. The predicted molar refractivity (Wildman–Crippen MR) is 86.9 cm³/mol. The van der Waals surface area contributed by atoms with Gasteiger partial charge in [0.2, 0.25) is 0 Å². The third kappa shape index (κ3) is 109000. The molecule has 178 valence electrons. The maximum absolute atomic E-state index is 7.17. The molecule has 0 saturated heterocycles. The molecule has 22 nitrogen and oxygen atoms in total. The van der Waals surface area contributed by atoms with Gasteiger partial charge < -0.3 is 116 Å². The molecule has 32 N–H and O–H groups in total. The van der Waals surface area contributed by atoms with Gasteiger partial charge >= 0.3 is 58.8 Å². The molecule has 0 heterocycles. The van der Waals surface area contributed by atoms with Crippen molar-refractivity contribution in [3.05, 3.63) is 0 Å². The van der Waals surface area contributed by atoms with Crippen LogP contribution < -0.4 is 29.6 Å². The molecule has 0 unspecified atom stereocenters. The van der Waals surface area contributed by atoms with Crippen LogP contribution in [0.25, 0.3) is 0 Å². The number of hydrogen-bond acceptors (Lipinski definition) is 12. The van der Waals surface area contributed by atoms with Gasteiger partial charge in [-0.2, -0.15) is 0 Å². The second-order valence-corrected chi connectivity index (χ2v) is 1.39. The van der Waals surface area contributed by atoms with Crippen molar-refractivity contribution in [2.75, 3.05) is 0 Å². The Labute approximate surface area is 175 Å². The molecule has 0 aromatic heterocycles. The number of hydrogen-bond donors (Lipinski definition) is 12. The van der Waals surface area contributed by atoms with Crippen molar-refractivity contribution in [1.82, 2.24) is 0 Å². The van der Waals surface area contributed by atoms with Crippen LogP contribution in [0.3, 0.4) is 0 Å². The maximum atomic E-state index is 7.17. The first-order valence-corrected chi connectivity index (χ1v) is 3.10. The molecule has 0 rings (SSSR count). The third-order valence-electron chi connectivity index (χ3n) is 0. The molecule has 0 aliphatic carbocycles. The molecule has 0 radical (unpaired) electrons. The first kappa shape index (κ1) is 124. The molecule has 0 aromatic rings. The maximum Gasteiger partial charge on any atom is 1.00 e. The summed E-state index contributed by atoms with van der Waals surface area (Å²) in [4.78, 5) is 0. The van der Waals surface area contributed by atoms with Crippen molar-refractivity contribution in [2.45, 2.75) is 0 Å². The molecular formula is H33B4NaO22. The fourth-order valence-electron chi connectivity index (χ4n) is 0. The smallest absolute Gasteiger partial charge is 1.00 e. The van der Waals surface area contributed by atoms with Crippen LogP contribution in [0.4, 0.5) is 0 Å². The van der Waals surface area contributed by atoms with E-state index in [0.29, 0.717) is 0 Å². The molecule has 0 aliphatic rings. The zero-order chi connectivity index (χ0) is 14.3. The summed E-state index contributed by atoms with van der Waals surface area (Å²) >= 11 is 0. The molecule has 27 heteroatoms. The minimum atomic E-state index is -2.17. The van der Waals surface area contributed by atoms with E-state index in [-0.39, 0.29) is 85.7 Å². The monoisotopic (exact) mass is 452 g/mol. The first-order chi connectivity index (χ1) is 6.93. The molecule has 0 saturated carbocycles. The molecule has 0 spiro atoms. The van der Waals surface area contributed by atoms with Crippen LogP contribution in [0.1, 0.15) is 1.43 Å². The summed E-state index contributed by atoms with van der Waals surface area (Å²) < 4.78 is 0. The quantitative estimate of drug-likeness (QED) is 0.153. The van der Waals surface area contributed by atoms with Crippen molar-refractivity contribution in [3.8, 4) is 0 Å². The van der Waals surface area contributed by atoms with E-state index in [2.05, 4.69) is 0 Å². The summed E-state index contributed by atoms with van der Waals surface area (Å²) in [7, 11) is -8.67. The van der Waals surface area contributed by atoms with Gasteiger partial charge in [-0.3, -0.25) is 0 Å². The zero-order valence-electron chi connectivity index (χ0n) is 14.7. The van der Waals surface area contributed by atoms with Crippen LogP contribution in [0.15, 0.2) is 0 Å². The summed E-state index contributed by atoms with van der Waals surface area (Å²) in [6, 6.07) is 0. The Hall–Kier alpha value is 0.380. The SMILES string of the molecule is O.O.O.O.O.O.O.O.O.O.OB(O)O.OB(O)O.OB(O)O.OB(O)O.[H-].[Na+]. The first-order valence-electron chi connectivity index (χ1n) is 3.10.